The Bertz CT molecular complexity index is 657. The molecule has 2 rings (SSSR count). The van der Waals surface area contributed by atoms with Crippen molar-refractivity contribution in [1.29, 1.82) is 0 Å². The van der Waals surface area contributed by atoms with Gasteiger partial charge in [0.2, 0.25) is 0 Å². The number of hydrogen-bond acceptors (Lipinski definition) is 5. The van der Waals surface area contributed by atoms with E-state index >= 15 is 0 Å². The van der Waals surface area contributed by atoms with Crippen molar-refractivity contribution in [2.45, 2.75) is 20.8 Å². The largest absolute Gasteiger partial charge is 0.298 e. The number of anilines is 1. The maximum Gasteiger partial charge on any atom is 0.298 e. The third-order valence-corrected chi connectivity index (χ3v) is 3.61. The lowest BCUT2D eigenvalue weighted by Crippen LogP contribution is -2.23. The molecule has 0 aliphatic heterocycles. The minimum Gasteiger partial charge on any atom is -0.295 e. The highest BCUT2D eigenvalue weighted by Gasteiger charge is 2.24. The van der Waals surface area contributed by atoms with Gasteiger partial charge in [-0.1, -0.05) is 0 Å². The standard InChI is InChI=1S/C12H14N4O2S/c1-6-5-13-12(19-6)14-11(18)10(17)9-7(2)15-16(4)8(9)3/h5H,1-4H3,(H,13,14,18). The van der Waals surface area contributed by atoms with Gasteiger partial charge in [-0.15, -0.1) is 11.3 Å². The van der Waals surface area contributed by atoms with E-state index in [1.54, 1.807) is 31.8 Å². The van der Waals surface area contributed by atoms with Crippen molar-refractivity contribution in [3.8, 4) is 0 Å². The molecule has 0 fully saturated rings. The number of carbonyl (C=O) groups excluding carboxylic acids is 2. The van der Waals surface area contributed by atoms with Crippen LogP contribution in [-0.2, 0) is 11.8 Å². The van der Waals surface area contributed by atoms with Crippen LogP contribution in [0.1, 0.15) is 26.6 Å². The molecule has 100 valence electrons. The molecule has 19 heavy (non-hydrogen) atoms. The van der Waals surface area contributed by atoms with Crippen molar-refractivity contribution in [2.24, 2.45) is 7.05 Å². The molecule has 6 nitrogen and oxygen atoms in total. The zero-order valence-corrected chi connectivity index (χ0v) is 12.0. The molecule has 0 bridgehead atoms. The summed E-state index contributed by atoms with van der Waals surface area (Å²) in [7, 11) is 1.74. The van der Waals surface area contributed by atoms with Crippen LogP contribution >= 0.6 is 11.3 Å². The molecule has 0 atom stereocenters. The maximum atomic E-state index is 12.1. The second-order valence-electron chi connectivity index (χ2n) is 4.23. The Morgan fingerprint density at radius 2 is 2.00 bits per heavy atom. The molecule has 1 N–H and O–H groups in total. The van der Waals surface area contributed by atoms with Gasteiger partial charge in [0.25, 0.3) is 11.7 Å². The number of hydrogen-bond donors (Lipinski definition) is 1. The van der Waals surface area contributed by atoms with Gasteiger partial charge in [0.1, 0.15) is 0 Å². The molecular weight excluding hydrogens is 264 g/mol. The molecule has 2 heterocycles. The molecule has 2 aromatic rings. The second kappa shape index (κ2) is 4.93. The number of Topliss-reactive ketones (excluding diaryl/α,β-unsaturated/α-hetero) is 1. The molecule has 0 spiro atoms. The number of amides is 1. The molecule has 7 heteroatoms. The van der Waals surface area contributed by atoms with Crippen molar-refractivity contribution in [3.05, 3.63) is 28.0 Å². The van der Waals surface area contributed by atoms with Crippen LogP contribution in [-0.4, -0.2) is 26.5 Å². The first-order valence-corrected chi connectivity index (χ1v) is 6.50. The third-order valence-electron chi connectivity index (χ3n) is 2.78. The molecule has 0 aliphatic rings. The summed E-state index contributed by atoms with van der Waals surface area (Å²) in [4.78, 5) is 29.0. The van der Waals surface area contributed by atoms with E-state index < -0.39 is 11.7 Å². The lowest BCUT2D eigenvalue weighted by Gasteiger charge is -2.01. The first-order chi connectivity index (χ1) is 8.90. The van der Waals surface area contributed by atoms with Crippen LogP contribution in [0.4, 0.5) is 5.13 Å². The number of thiazole rings is 1. The molecule has 0 saturated carbocycles. The van der Waals surface area contributed by atoms with Crippen molar-refractivity contribution < 1.29 is 9.59 Å². The third kappa shape index (κ3) is 2.55. The van der Waals surface area contributed by atoms with Crippen molar-refractivity contribution in [3.63, 3.8) is 0 Å². The van der Waals surface area contributed by atoms with Crippen LogP contribution in [0.5, 0.6) is 0 Å². The van der Waals surface area contributed by atoms with Gasteiger partial charge < -0.3 is 0 Å². The topological polar surface area (TPSA) is 76.9 Å². The Morgan fingerprint density at radius 1 is 1.32 bits per heavy atom. The number of aromatic nitrogens is 3. The monoisotopic (exact) mass is 278 g/mol. The highest BCUT2D eigenvalue weighted by atomic mass is 32.1. The maximum absolute atomic E-state index is 12.1. The minimum absolute atomic E-state index is 0.355. The molecule has 2 aromatic heterocycles. The van der Waals surface area contributed by atoms with E-state index in [-0.39, 0.29) is 0 Å². The van der Waals surface area contributed by atoms with Gasteiger partial charge in [0.15, 0.2) is 5.13 Å². The van der Waals surface area contributed by atoms with Crippen LogP contribution in [0.2, 0.25) is 0 Å². The molecule has 0 aromatic carbocycles. The number of nitrogens with zero attached hydrogens (tertiary/aromatic N) is 3. The van der Waals surface area contributed by atoms with Crippen molar-refractivity contribution in [1.82, 2.24) is 14.8 Å². The fourth-order valence-corrected chi connectivity index (χ4v) is 2.44. The molecule has 1 amide bonds. The summed E-state index contributed by atoms with van der Waals surface area (Å²) >= 11 is 1.33. The number of ketones is 1. The van der Waals surface area contributed by atoms with Crippen LogP contribution in [0.15, 0.2) is 6.20 Å². The van der Waals surface area contributed by atoms with E-state index in [1.807, 2.05) is 6.92 Å². The number of nitrogens with one attached hydrogen (secondary N) is 1. The molecular formula is C12H14N4O2S. The van der Waals surface area contributed by atoms with Gasteiger partial charge in [-0.25, -0.2) is 4.98 Å². The van der Waals surface area contributed by atoms with Gasteiger partial charge in [-0.05, 0) is 20.8 Å². The summed E-state index contributed by atoms with van der Waals surface area (Å²) in [6.07, 6.45) is 1.64. The predicted molar refractivity (Wildman–Crippen MR) is 72.5 cm³/mol. The Balaban J connectivity index is 2.22. The predicted octanol–water partition coefficient (Wildman–Crippen LogP) is 1.62. The first kappa shape index (κ1) is 13.4. The number of aryl methyl sites for hydroxylation is 3. The lowest BCUT2D eigenvalue weighted by atomic mass is 10.1. The average Bonchev–Trinajstić information content (AvgIpc) is 2.84. The van der Waals surface area contributed by atoms with E-state index in [4.69, 9.17) is 0 Å². The SMILES string of the molecule is Cc1cnc(NC(=O)C(=O)c2c(C)nn(C)c2C)s1. The minimum atomic E-state index is -0.687. The highest BCUT2D eigenvalue weighted by Crippen LogP contribution is 2.18. The Hall–Kier alpha value is -2.02. The van der Waals surface area contributed by atoms with Gasteiger partial charge >= 0.3 is 0 Å². The fourth-order valence-electron chi connectivity index (χ4n) is 1.78. The highest BCUT2D eigenvalue weighted by molar-refractivity contribution is 7.15. The first-order valence-electron chi connectivity index (χ1n) is 5.68. The van der Waals surface area contributed by atoms with Gasteiger partial charge in [0.05, 0.1) is 11.3 Å². The Kier molecular flexibility index (Phi) is 3.48. The van der Waals surface area contributed by atoms with E-state index in [0.29, 0.717) is 22.1 Å². The molecule has 0 saturated heterocycles. The number of carbonyl (C=O) groups is 2. The van der Waals surface area contributed by atoms with E-state index in [1.165, 1.54) is 11.3 Å². The Morgan fingerprint density at radius 3 is 2.47 bits per heavy atom. The van der Waals surface area contributed by atoms with Gasteiger partial charge in [0, 0.05) is 23.8 Å². The van der Waals surface area contributed by atoms with Crippen molar-refractivity contribution in [2.75, 3.05) is 5.32 Å². The van der Waals surface area contributed by atoms with Crippen LogP contribution in [0.3, 0.4) is 0 Å². The van der Waals surface area contributed by atoms with Crippen LogP contribution < -0.4 is 5.32 Å². The molecule has 0 radical (unpaired) electrons. The Labute approximate surface area is 114 Å². The van der Waals surface area contributed by atoms with Crippen molar-refractivity contribution >= 4 is 28.2 Å². The van der Waals surface area contributed by atoms with Gasteiger partial charge in [-0.2, -0.15) is 5.10 Å². The number of rotatable bonds is 3. The average molecular weight is 278 g/mol. The van der Waals surface area contributed by atoms with Gasteiger partial charge in [-0.3, -0.25) is 19.6 Å². The zero-order valence-electron chi connectivity index (χ0n) is 11.1. The summed E-state index contributed by atoms with van der Waals surface area (Å²) in [6, 6.07) is 0. The van der Waals surface area contributed by atoms with Crippen LogP contribution in [0.25, 0.3) is 0 Å². The quantitative estimate of drug-likeness (QED) is 0.683. The van der Waals surface area contributed by atoms with E-state index in [2.05, 4.69) is 15.4 Å². The smallest absolute Gasteiger partial charge is 0.295 e. The lowest BCUT2D eigenvalue weighted by molar-refractivity contribution is -0.112. The second-order valence-corrected chi connectivity index (χ2v) is 5.46. The molecule has 0 unspecified atom stereocenters. The fraction of sp³-hybridized carbons (Fsp3) is 0.333. The van der Waals surface area contributed by atoms with E-state index in [9.17, 15) is 9.59 Å². The van der Waals surface area contributed by atoms with E-state index in [0.717, 1.165) is 4.88 Å². The summed E-state index contributed by atoms with van der Waals surface area (Å²) in [5.74, 6) is -1.27. The van der Waals surface area contributed by atoms with Crippen LogP contribution in [0, 0.1) is 20.8 Å². The molecule has 0 aliphatic carbocycles. The summed E-state index contributed by atoms with van der Waals surface area (Å²) in [6.45, 7) is 5.35. The zero-order chi connectivity index (χ0) is 14.2. The summed E-state index contributed by atoms with van der Waals surface area (Å²) in [5, 5.41) is 7.06. The summed E-state index contributed by atoms with van der Waals surface area (Å²) in [5.41, 5.74) is 1.58. The normalized spacial score (nSPS) is 10.5. The summed E-state index contributed by atoms with van der Waals surface area (Å²) < 4.78 is 1.59.